The Labute approximate surface area is 121 Å². The fraction of sp³-hybridized carbons (Fsp3) is 0.625. The molecule has 0 bridgehead atoms. The minimum absolute atomic E-state index is 0.767. The lowest BCUT2D eigenvalue weighted by atomic mass is 9.84. The third kappa shape index (κ3) is 2.57. The van der Waals surface area contributed by atoms with E-state index in [-0.39, 0.29) is 0 Å². The number of hydrogen-bond acceptors (Lipinski definition) is 4. The lowest BCUT2D eigenvalue weighted by Gasteiger charge is -2.46. The molecule has 2 N–H and O–H groups in total. The zero-order chi connectivity index (χ0) is 14.1. The Kier molecular flexibility index (Phi) is 3.74. The first-order valence-electron chi connectivity index (χ1n) is 7.57. The third-order valence-corrected chi connectivity index (χ3v) is 4.86. The average molecular weight is 275 g/mol. The molecule has 0 saturated carbocycles. The Morgan fingerprint density at radius 1 is 1.20 bits per heavy atom. The van der Waals surface area contributed by atoms with Crippen LogP contribution in [-0.2, 0) is 0 Å². The highest BCUT2D eigenvalue weighted by Gasteiger charge is 2.34. The molecule has 0 aromatic heterocycles. The van der Waals surface area contributed by atoms with Crippen LogP contribution in [0.5, 0.6) is 5.75 Å². The average Bonchev–Trinajstić information content (AvgIpc) is 2.46. The summed E-state index contributed by atoms with van der Waals surface area (Å²) in [6.45, 7) is 3.51. The molecule has 3 rings (SSSR count). The number of piperidine rings is 2. The summed E-state index contributed by atoms with van der Waals surface area (Å²) < 4.78 is 5.34. The molecule has 2 fully saturated rings. The molecule has 2 aliphatic heterocycles. The molecule has 110 valence electrons. The van der Waals surface area contributed by atoms with Crippen LogP contribution in [0.4, 0.5) is 11.4 Å². The van der Waals surface area contributed by atoms with Crippen LogP contribution < -0.4 is 15.4 Å². The van der Waals surface area contributed by atoms with Gasteiger partial charge in [0.05, 0.1) is 7.11 Å². The molecule has 20 heavy (non-hydrogen) atoms. The normalized spacial score (nSPS) is 27.2. The quantitative estimate of drug-likeness (QED) is 0.840. The van der Waals surface area contributed by atoms with Crippen LogP contribution >= 0.6 is 0 Å². The summed E-state index contributed by atoms with van der Waals surface area (Å²) in [6, 6.07) is 6.81. The monoisotopic (exact) mass is 275 g/mol. The molecule has 0 aliphatic carbocycles. The first kappa shape index (κ1) is 13.6. The van der Waals surface area contributed by atoms with Crippen LogP contribution in [0, 0.1) is 5.92 Å². The number of nitrogens with zero attached hydrogens (tertiary/aromatic N) is 2. The maximum Gasteiger partial charge on any atom is 0.122 e. The van der Waals surface area contributed by atoms with Gasteiger partial charge in [-0.15, -0.1) is 0 Å². The van der Waals surface area contributed by atoms with Gasteiger partial charge in [-0.05, 0) is 44.8 Å². The second kappa shape index (κ2) is 5.52. The summed E-state index contributed by atoms with van der Waals surface area (Å²) in [6.07, 6.45) is 3.93. The Balaban J connectivity index is 1.77. The SMILES string of the molecule is COc1cc(N)cc(N2CCC3C(CCCN3C)C2)c1. The van der Waals surface area contributed by atoms with E-state index < -0.39 is 0 Å². The molecule has 2 atom stereocenters. The summed E-state index contributed by atoms with van der Waals surface area (Å²) in [5.74, 6) is 1.64. The van der Waals surface area contributed by atoms with Crippen LogP contribution in [0.25, 0.3) is 0 Å². The molecule has 4 nitrogen and oxygen atoms in total. The van der Waals surface area contributed by atoms with Gasteiger partial charge in [-0.25, -0.2) is 0 Å². The van der Waals surface area contributed by atoms with Crippen molar-refractivity contribution < 1.29 is 4.74 Å². The van der Waals surface area contributed by atoms with E-state index in [0.717, 1.165) is 36.5 Å². The Morgan fingerprint density at radius 3 is 2.85 bits per heavy atom. The van der Waals surface area contributed by atoms with E-state index >= 15 is 0 Å². The maximum atomic E-state index is 5.98. The molecule has 0 spiro atoms. The summed E-state index contributed by atoms with van der Waals surface area (Å²) in [4.78, 5) is 5.02. The molecule has 2 heterocycles. The number of fused-ring (bicyclic) bond motifs is 1. The van der Waals surface area contributed by atoms with Crippen LogP contribution in [0.2, 0.25) is 0 Å². The van der Waals surface area contributed by atoms with Crippen molar-refractivity contribution in [1.82, 2.24) is 4.90 Å². The van der Waals surface area contributed by atoms with Crippen molar-refractivity contribution in [2.75, 3.05) is 44.4 Å². The molecule has 2 aliphatic rings. The van der Waals surface area contributed by atoms with E-state index in [1.165, 1.54) is 31.5 Å². The number of nitrogens with two attached hydrogens (primary N) is 1. The molecule has 1 aromatic rings. The number of hydrogen-bond donors (Lipinski definition) is 1. The van der Waals surface area contributed by atoms with E-state index in [2.05, 4.69) is 29.0 Å². The first-order chi connectivity index (χ1) is 9.67. The van der Waals surface area contributed by atoms with Gasteiger partial charge in [0, 0.05) is 42.6 Å². The van der Waals surface area contributed by atoms with Gasteiger partial charge in [0.25, 0.3) is 0 Å². The number of likely N-dealkylation sites (tertiary alicyclic amines) is 1. The van der Waals surface area contributed by atoms with Crippen molar-refractivity contribution >= 4 is 11.4 Å². The number of benzene rings is 1. The van der Waals surface area contributed by atoms with Crippen molar-refractivity contribution in [3.8, 4) is 5.75 Å². The van der Waals surface area contributed by atoms with Gasteiger partial charge in [-0.2, -0.15) is 0 Å². The third-order valence-electron chi connectivity index (χ3n) is 4.86. The topological polar surface area (TPSA) is 41.7 Å². The number of rotatable bonds is 2. The van der Waals surface area contributed by atoms with Gasteiger partial charge in [0.1, 0.15) is 5.75 Å². The number of methoxy groups -OCH3 is 1. The number of ether oxygens (including phenoxy) is 1. The predicted octanol–water partition coefficient (Wildman–Crippen LogP) is 2.20. The minimum atomic E-state index is 0.767. The van der Waals surface area contributed by atoms with Crippen molar-refractivity contribution in [3.63, 3.8) is 0 Å². The maximum absolute atomic E-state index is 5.98. The summed E-state index contributed by atoms with van der Waals surface area (Å²) in [7, 11) is 3.97. The second-order valence-corrected chi connectivity index (χ2v) is 6.15. The fourth-order valence-corrected chi connectivity index (χ4v) is 3.79. The molecular weight excluding hydrogens is 250 g/mol. The molecule has 2 unspecified atom stereocenters. The zero-order valence-electron chi connectivity index (χ0n) is 12.5. The zero-order valence-corrected chi connectivity index (χ0v) is 12.5. The molecule has 0 radical (unpaired) electrons. The van der Waals surface area contributed by atoms with Gasteiger partial charge in [-0.3, -0.25) is 0 Å². The highest BCUT2D eigenvalue weighted by Crippen LogP contribution is 2.33. The fourth-order valence-electron chi connectivity index (χ4n) is 3.79. The van der Waals surface area contributed by atoms with E-state index in [1.54, 1.807) is 7.11 Å². The smallest absolute Gasteiger partial charge is 0.122 e. The predicted molar refractivity (Wildman–Crippen MR) is 83.4 cm³/mol. The standard InChI is InChI=1S/C16H25N3O/c1-18-6-3-4-12-11-19(7-5-16(12)18)14-8-13(17)9-15(10-14)20-2/h8-10,12,16H,3-7,11,17H2,1-2H3. The van der Waals surface area contributed by atoms with Crippen LogP contribution in [0.1, 0.15) is 19.3 Å². The van der Waals surface area contributed by atoms with Crippen LogP contribution in [-0.4, -0.2) is 44.7 Å². The summed E-state index contributed by atoms with van der Waals surface area (Å²) >= 11 is 0. The molecule has 2 saturated heterocycles. The van der Waals surface area contributed by atoms with Crippen molar-refractivity contribution in [2.24, 2.45) is 5.92 Å². The van der Waals surface area contributed by atoms with Gasteiger partial charge in [0.2, 0.25) is 0 Å². The Bertz CT molecular complexity index is 477. The van der Waals surface area contributed by atoms with E-state index in [4.69, 9.17) is 10.5 Å². The molecule has 4 heteroatoms. The van der Waals surface area contributed by atoms with Gasteiger partial charge in [-0.1, -0.05) is 0 Å². The highest BCUT2D eigenvalue weighted by atomic mass is 16.5. The van der Waals surface area contributed by atoms with Gasteiger partial charge in [0.15, 0.2) is 0 Å². The largest absolute Gasteiger partial charge is 0.497 e. The second-order valence-electron chi connectivity index (χ2n) is 6.15. The van der Waals surface area contributed by atoms with Gasteiger partial charge >= 0.3 is 0 Å². The lowest BCUT2D eigenvalue weighted by Crippen LogP contribution is -2.52. The number of anilines is 2. The summed E-state index contributed by atoms with van der Waals surface area (Å²) in [5, 5.41) is 0. The highest BCUT2D eigenvalue weighted by molar-refractivity contribution is 5.60. The Hall–Kier alpha value is -1.42. The number of nitrogen functional groups attached to an aromatic ring is 1. The first-order valence-corrected chi connectivity index (χ1v) is 7.57. The van der Waals surface area contributed by atoms with E-state index in [9.17, 15) is 0 Å². The molecular formula is C16H25N3O. The van der Waals surface area contributed by atoms with Crippen molar-refractivity contribution in [3.05, 3.63) is 18.2 Å². The molecule has 1 aromatic carbocycles. The minimum Gasteiger partial charge on any atom is -0.497 e. The molecule has 0 amide bonds. The van der Waals surface area contributed by atoms with Gasteiger partial charge < -0.3 is 20.3 Å². The van der Waals surface area contributed by atoms with Crippen LogP contribution in [0.3, 0.4) is 0 Å². The van der Waals surface area contributed by atoms with Crippen molar-refractivity contribution in [2.45, 2.75) is 25.3 Å². The van der Waals surface area contributed by atoms with Crippen LogP contribution in [0.15, 0.2) is 18.2 Å². The summed E-state index contributed by atoms with van der Waals surface area (Å²) in [5.41, 5.74) is 7.96. The van der Waals surface area contributed by atoms with E-state index in [0.29, 0.717) is 0 Å². The Morgan fingerprint density at radius 2 is 2.05 bits per heavy atom. The lowest BCUT2D eigenvalue weighted by molar-refractivity contribution is 0.102. The van der Waals surface area contributed by atoms with Crippen molar-refractivity contribution in [1.29, 1.82) is 0 Å². The van der Waals surface area contributed by atoms with E-state index in [1.807, 2.05) is 6.07 Å².